The number of rotatable bonds is 6. The van der Waals surface area contributed by atoms with Crippen LogP contribution in [0.1, 0.15) is 31.0 Å². The summed E-state index contributed by atoms with van der Waals surface area (Å²) in [4.78, 5) is 18.1. The quantitative estimate of drug-likeness (QED) is 0.886. The number of likely N-dealkylation sites (N-methyl/N-ethyl adjacent to an activating group) is 1. The minimum absolute atomic E-state index is 0.113. The summed E-state index contributed by atoms with van der Waals surface area (Å²) in [6.45, 7) is 5.12. The topological polar surface area (TPSA) is 45.2 Å². The van der Waals surface area contributed by atoms with Crippen molar-refractivity contribution in [2.45, 2.75) is 26.3 Å². The van der Waals surface area contributed by atoms with Crippen LogP contribution in [0.4, 0.5) is 9.18 Å². The van der Waals surface area contributed by atoms with Gasteiger partial charge >= 0.3 is 6.03 Å². The molecule has 0 radical (unpaired) electrons. The highest BCUT2D eigenvalue weighted by Gasteiger charge is 2.15. The van der Waals surface area contributed by atoms with Crippen LogP contribution in [0.5, 0.6) is 0 Å². The molecular weight excluding hydrogens is 293 g/mol. The molecule has 0 aliphatic rings. The molecule has 0 aliphatic heterocycles. The first-order valence-corrected chi connectivity index (χ1v) is 7.80. The number of nitrogens with one attached hydrogen (secondary N) is 1. The van der Waals surface area contributed by atoms with Crippen LogP contribution < -0.4 is 5.32 Å². The van der Waals surface area contributed by atoms with Crippen molar-refractivity contribution in [3.63, 3.8) is 0 Å². The molecule has 1 N–H and O–H groups in total. The van der Waals surface area contributed by atoms with E-state index in [0.717, 1.165) is 17.5 Å². The van der Waals surface area contributed by atoms with E-state index in [1.54, 1.807) is 29.4 Å². The molecule has 1 unspecified atom stereocenters. The Balaban J connectivity index is 1.90. The largest absolute Gasteiger partial charge is 0.331 e. The van der Waals surface area contributed by atoms with Crippen LogP contribution in [0.15, 0.2) is 48.8 Å². The van der Waals surface area contributed by atoms with Gasteiger partial charge in [0.2, 0.25) is 0 Å². The number of amides is 2. The van der Waals surface area contributed by atoms with Gasteiger partial charge in [0.1, 0.15) is 5.82 Å². The van der Waals surface area contributed by atoms with Gasteiger partial charge in [0.05, 0.1) is 6.04 Å². The lowest BCUT2D eigenvalue weighted by Gasteiger charge is -2.24. The standard InChI is InChI=1S/C18H22FN3O/c1-3-22(13-10-15-8-11-20-12-9-15)18(23)21-14(2)16-4-6-17(19)7-5-16/h4-9,11-12,14H,3,10,13H2,1-2H3,(H,21,23). The second-order valence-electron chi connectivity index (χ2n) is 5.41. The monoisotopic (exact) mass is 315 g/mol. The predicted molar refractivity (Wildman–Crippen MR) is 88.5 cm³/mol. The Kier molecular flexibility index (Phi) is 6.09. The Morgan fingerprint density at radius 3 is 2.48 bits per heavy atom. The third kappa shape index (κ3) is 5.06. The average molecular weight is 315 g/mol. The van der Waals surface area contributed by atoms with Crippen molar-refractivity contribution in [3.8, 4) is 0 Å². The summed E-state index contributed by atoms with van der Waals surface area (Å²) in [7, 11) is 0. The Morgan fingerprint density at radius 2 is 1.87 bits per heavy atom. The van der Waals surface area contributed by atoms with Crippen molar-refractivity contribution < 1.29 is 9.18 Å². The second kappa shape index (κ2) is 8.27. The number of halogens is 1. The molecule has 0 fully saturated rings. The van der Waals surface area contributed by atoms with Crippen molar-refractivity contribution in [1.29, 1.82) is 0 Å². The number of aromatic nitrogens is 1. The fourth-order valence-electron chi connectivity index (χ4n) is 2.33. The van der Waals surface area contributed by atoms with Crippen LogP contribution in [-0.2, 0) is 6.42 Å². The molecule has 2 amide bonds. The van der Waals surface area contributed by atoms with E-state index in [1.807, 2.05) is 26.0 Å². The Morgan fingerprint density at radius 1 is 1.22 bits per heavy atom. The SMILES string of the molecule is CCN(CCc1ccncc1)C(=O)NC(C)c1ccc(F)cc1. The summed E-state index contributed by atoms with van der Waals surface area (Å²) in [5.41, 5.74) is 2.03. The lowest BCUT2D eigenvalue weighted by atomic mass is 10.1. The summed E-state index contributed by atoms with van der Waals surface area (Å²) in [6.07, 6.45) is 4.29. The van der Waals surface area contributed by atoms with Gasteiger partial charge in [-0.1, -0.05) is 12.1 Å². The van der Waals surface area contributed by atoms with Gasteiger partial charge in [0.15, 0.2) is 0 Å². The molecule has 0 saturated heterocycles. The van der Waals surface area contributed by atoms with E-state index < -0.39 is 0 Å². The van der Waals surface area contributed by atoms with Crippen LogP contribution in [0.2, 0.25) is 0 Å². The maximum atomic E-state index is 13.0. The molecule has 23 heavy (non-hydrogen) atoms. The molecule has 1 aromatic carbocycles. The van der Waals surface area contributed by atoms with Gasteiger partial charge in [-0.2, -0.15) is 0 Å². The fraction of sp³-hybridized carbons (Fsp3) is 0.333. The van der Waals surface area contributed by atoms with Gasteiger partial charge in [-0.05, 0) is 55.7 Å². The third-order valence-corrected chi connectivity index (χ3v) is 3.80. The number of nitrogens with zero attached hydrogens (tertiary/aromatic N) is 2. The van der Waals surface area contributed by atoms with Gasteiger partial charge in [-0.25, -0.2) is 9.18 Å². The van der Waals surface area contributed by atoms with Gasteiger partial charge in [0.25, 0.3) is 0 Å². The second-order valence-corrected chi connectivity index (χ2v) is 5.41. The summed E-state index contributed by atoms with van der Waals surface area (Å²) in [5, 5.41) is 2.96. The number of carbonyl (C=O) groups is 1. The van der Waals surface area contributed by atoms with E-state index in [0.29, 0.717) is 13.1 Å². The number of benzene rings is 1. The van der Waals surface area contributed by atoms with E-state index in [-0.39, 0.29) is 17.9 Å². The van der Waals surface area contributed by atoms with Crippen molar-refractivity contribution in [2.75, 3.05) is 13.1 Å². The average Bonchev–Trinajstić information content (AvgIpc) is 2.57. The van der Waals surface area contributed by atoms with Crippen LogP contribution in [-0.4, -0.2) is 29.0 Å². The predicted octanol–water partition coefficient (Wildman–Crippen LogP) is 3.56. The first kappa shape index (κ1) is 16.9. The van der Waals surface area contributed by atoms with Crippen molar-refractivity contribution >= 4 is 6.03 Å². The zero-order valence-corrected chi connectivity index (χ0v) is 13.5. The zero-order valence-electron chi connectivity index (χ0n) is 13.5. The minimum atomic E-state index is -0.278. The smallest absolute Gasteiger partial charge is 0.317 e. The fourth-order valence-corrected chi connectivity index (χ4v) is 2.33. The molecule has 5 heteroatoms. The first-order valence-electron chi connectivity index (χ1n) is 7.80. The molecule has 2 aromatic rings. The summed E-state index contributed by atoms with van der Waals surface area (Å²) < 4.78 is 13.0. The van der Waals surface area contributed by atoms with Gasteiger partial charge in [0, 0.05) is 25.5 Å². The Hall–Kier alpha value is -2.43. The summed E-state index contributed by atoms with van der Waals surface area (Å²) in [6, 6.07) is 9.80. The lowest BCUT2D eigenvalue weighted by molar-refractivity contribution is 0.198. The van der Waals surface area contributed by atoms with Gasteiger partial charge in [-0.15, -0.1) is 0 Å². The highest BCUT2D eigenvalue weighted by molar-refractivity contribution is 5.74. The first-order chi connectivity index (χ1) is 11.1. The van der Waals surface area contributed by atoms with E-state index in [4.69, 9.17) is 0 Å². The van der Waals surface area contributed by atoms with Gasteiger partial charge < -0.3 is 10.2 Å². The third-order valence-electron chi connectivity index (χ3n) is 3.80. The Labute approximate surface area is 136 Å². The molecule has 0 spiro atoms. The zero-order chi connectivity index (χ0) is 16.7. The molecule has 1 atom stereocenters. The van der Waals surface area contributed by atoms with E-state index >= 15 is 0 Å². The molecule has 122 valence electrons. The molecular formula is C18H22FN3O. The highest BCUT2D eigenvalue weighted by atomic mass is 19.1. The van der Waals surface area contributed by atoms with Crippen LogP contribution >= 0.6 is 0 Å². The number of hydrogen-bond acceptors (Lipinski definition) is 2. The highest BCUT2D eigenvalue weighted by Crippen LogP contribution is 2.13. The van der Waals surface area contributed by atoms with E-state index in [9.17, 15) is 9.18 Å². The molecule has 0 saturated carbocycles. The lowest BCUT2D eigenvalue weighted by Crippen LogP contribution is -2.42. The number of hydrogen-bond donors (Lipinski definition) is 1. The normalized spacial score (nSPS) is 11.8. The summed E-state index contributed by atoms with van der Waals surface area (Å²) in [5.74, 6) is -0.278. The van der Waals surface area contributed by atoms with Crippen LogP contribution in [0, 0.1) is 5.82 Å². The van der Waals surface area contributed by atoms with Crippen molar-refractivity contribution in [2.24, 2.45) is 0 Å². The molecule has 0 bridgehead atoms. The van der Waals surface area contributed by atoms with Crippen LogP contribution in [0.25, 0.3) is 0 Å². The number of pyridine rings is 1. The van der Waals surface area contributed by atoms with Crippen molar-refractivity contribution in [1.82, 2.24) is 15.2 Å². The number of urea groups is 1. The molecule has 4 nitrogen and oxygen atoms in total. The van der Waals surface area contributed by atoms with E-state index in [1.165, 1.54) is 12.1 Å². The minimum Gasteiger partial charge on any atom is -0.331 e. The van der Waals surface area contributed by atoms with Gasteiger partial charge in [-0.3, -0.25) is 4.98 Å². The maximum Gasteiger partial charge on any atom is 0.317 e. The Bertz CT molecular complexity index is 616. The summed E-state index contributed by atoms with van der Waals surface area (Å²) >= 11 is 0. The molecule has 1 heterocycles. The van der Waals surface area contributed by atoms with E-state index in [2.05, 4.69) is 10.3 Å². The van der Waals surface area contributed by atoms with Crippen LogP contribution in [0.3, 0.4) is 0 Å². The maximum absolute atomic E-state index is 13.0. The van der Waals surface area contributed by atoms with Crippen molar-refractivity contribution in [3.05, 3.63) is 65.7 Å². The molecule has 1 aromatic heterocycles. The molecule has 0 aliphatic carbocycles. The number of carbonyl (C=O) groups excluding carboxylic acids is 1. The molecule has 2 rings (SSSR count).